The minimum absolute atomic E-state index is 0.174. The third kappa shape index (κ3) is 2.84. The van der Waals surface area contributed by atoms with E-state index in [-0.39, 0.29) is 17.8 Å². The van der Waals surface area contributed by atoms with Gasteiger partial charge in [0.2, 0.25) is 0 Å². The number of aromatic nitrogens is 2. The van der Waals surface area contributed by atoms with Crippen molar-refractivity contribution in [3.05, 3.63) is 17.7 Å². The molecule has 4 heteroatoms. The second-order valence-electron chi connectivity index (χ2n) is 4.29. The van der Waals surface area contributed by atoms with Crippen LogP contribution in [0.2, 0.25) is 0 Å². The number of rotatable bonds is 5. The molecule has 0 aliphatic carbocycles. The summed E-state index contributed by atoms with van der Waals surface area (Å²) in [5.41, 5.74) is 1.08. The van der Waals surface area contributed by atoms with Gasteiger partial charge < -0.3 is 9.72 Å². The number of esters is 1. The number of hydrogen-bond donors (Lipinski definition) is 1. The topological polar surface area (TPSA) is 55.0 Å². The van der Waals surface area contributed by atoms with Crippen LogP contribution in [-0.2, 0) is 16.0 Å². The lowest BCUT2D eigenvalue weighted by Crippen LogP contribution is -2.20. The molecule has 1 rings (SSSR count). The third-order valence-electron chi connectivity index (χ3n) is 2.58. The molecule has 1 N–H and O–H groups in total. The van der Waals surface area contributed by atoms with Crippen LogP contribution >= 0.6 is 0 Å². The summed E-state index contributed by atoms with van der Waals surface area (Å²) in [6.45, 7) is 6.09. The van der Waals surface area contributed by atoms with E-state index >= 15 is 0 Å². The van der Waals surface area contributed by atoms with Crippen molar-refractivity contribution in [1.29, 1.82) is 0 Å². The van der Waals surface area contributed by atoms with Gasteiger partial charge in [-0.2, -0.15) is 0 Å². The van der Waals surface area contributed by atoms with Crippen molar-refractivity contribution in [2.45, 2.75) is 39.5 Å². The summed E-state index contributed by atoms with van der Waals surface area (Å²) in [6.07, 6.45) is 3.82. The van der Waals surface area contributed by atoms with Crippen LogP contribution < -0.4 is 0 Å². The largest absolute Gasteiger partial charge is 0.468 e. The molecule has 1 heterocycles. The fraction of sp³-hybridized carbons (Fsp3) is 0.667. The summed E-state index contributed by atoms with van der Waals surface area (Å²) >= 11 is 0. The van der Waals surface area contributed by atoms with Crippen LogP contribution in [0.4, 0.5) is 0 Å². The molecule has 0 spiro atoms. The highest BCUT2D eigenvalue weighted by Crippen LogP contribution is 2.23. The summed E-state index contributed by atoms with van der Waals surface area (Å²) in [4.78, 5) is 19.1. The molecule has 0 aliphatic heterocycles. The lowest BCUT2D eigenvalue weighted by Gasteiger charge is -2.15. The van der Waals surface area contributed by atoms with E-state index in [1.54, 1.807) is 6.20 Å². The SMILES string of the molecule is CCCc1cnc(C(C(=O)OC)C(C)C)[nH]1. The monoisotopic (exact) mass is 224 g/mol. The molecule has 0 fully saturated rings. The van der Waals surface area contributed by atoms with Gasteiger partial charge in [0.05, 0.1) is 7.11 Å². The van der Waals surface area contributed by atoms with Gasteiger partial charge in [-0.1, -0.05) is 27.2 Å². The molecule has 90 valence electrons. The number of aryl methyl sites for hydroxylation is 1. The Hall–Kier alpha value is -1.32. The number of nitrogens with zero attached hydrogens (tertiary/aromatic N) is 1. The van der Waals surface area contributed by atoms with Crippen LogP contribution in [0.15, 0.2) is 6.20 Å². The maximum atomic E-state index is 11.6. The molecule has 1 atom stereocenters. The highest BCUT2D eigenvalue weighted by atomic mass is 16.5. The van der Waals surface area contributed by atoms with Crippen LogP contribution in [0.3, 0.4) is 0 Å². The number of carbonyl (C=O) groups excluding carboxylic acids is 1. The summed E-state index contributed by atoms with van der Waals surface area (Å²) in [5.74, 6) is 0.362. The molecule has 1 unspecified atom stereocenters. The van der Waals surface area contributed by atoms with E-state index in [1.165, 1.54) is 7.11 Å². The second-order valence-corrected chi connectivity index (χ2v) is 4.29. The number of aromatic amines is 1. The number of imidazole rings is 1. The Kier molecular flexibility index (Phi) is 4.52. The number of carbonyl (C=O) groups is 1. The van der Waals surface area contributed by atoms with Crippen molar-refractivity contribution in [3.63, 3.8) is 0 Å². The molecule has 16 heavy (non-hydrogen) atoms. The first kappa shape index (κ1) is 12.7. The number of ether oxygens (including phenoxy) is 1. The van der Waals surface area contributed by atoms with Gasteiger partial charge in [-0.05, 0) is 12.3 Å². The second kappa shape index (κ2) is 5.68. The number of nitrogens with one attached hydrogen (secondary N) is 1. The summed E-state index contributed by atoms with van der Waals surface area (Å²) in [5, 5.41) is 0. The van der Waals surface area contributed by atoms with Crippen molar-refractivity contribution in [2.75, 3.05) is 7.11 Å². The Bertz CT molecular complexity index is 345. The van der Waals surface area contributed by atoms with E-state index in [4.69, 9.17) is 4.74 Å². The highest BCUT2D eigenvalue weighted by molar-refractivity contribution is 5.77. The van der Waals surface area contributed by atoms with Crippen LogP contribution in [0.1, 0.15) is 44.6 Å². The van der Waals surface area contributed by atoms with Crippen LogP contribution in [-0.4, -0.2) is 23.0 Å². The molecular weight excluding hydrogens is 204 g/mol. The molecule has 0 saturated carbocycles. The van der Waals surface area contributed by atoms with Crippen LogP contribution in [0.25, 0.3) is 0 Å². The minimum atomic E-state index is -0.296. The first-order chi connectivity index (χ1) is 7.60. The number of H-pyrrole nitrogens is 1. The predicted molar refractivity (Wildman–Crippen MR) is 62.2 cm³/mol. The molecule has 0 aliphatic rings. The predicted octanol–water partition coefficient (Wildman–Crippen LogP) is 2.27. The summed E-state index contributed by atoms with van der Waals surface area (Å²) in [6, 6.07) is 0. The van der Waals surface area contributed by atoms with Gasteiger partial charge in [0.15, 0.2) is 0 Å². The van der Waals surface area contributed by atoms with Crippen molar-refractivity contribution < 1.29 is 9.53 Å². The minimum Gasteiger partial charge on any atom is -0.468 e. The Morgan fingerprint density at radius 3 is 2.75 bits per heavy atom. The number of methoxy groups -OCH3 is 1. The van der Waals surface area contributed by atoms with E-state index < -0.39 is 0 Å². The molecule has 1 aromatic rings. The molecule has 0 amide bonds. The summed E-state index contributed by atoms with van der Waals surface area (Å²) < 4.78 is 4.80. The molecular formula is C12H20N2O2. The molecule has 0 radical (unpaired) electrons. The average molecular weight is 224 g/mol. The first-order valence-corrected chi connectivity index (χ1v) is 5.71. The van der Waals surface area contributed by atoms with E-state index in [1.807, 2.05) is 13.8 Å². The maximum absolute atomic E-state index is 11.6. The Morgan fingerprint density at radius 2 is 2.25 bits per heavy atom. The smallest absolute Gasteiger partial charge is 0.316 e. The Balaban J connectivity index is 2.88. The average Bonchev–Trinajstić information content (AvgIpc) is 2.66. The van der Waals surface area contributed by atoms with Gasteiger partial charge in [0.25, 0.3) is 0 Å². The maximum Gasteiger partial charge on any atom is 0.316 e. The lowest BCUT2D eigenvalue weighted by molar-refractivity contribution is -0.143. The van der Waals surface area contributed by atoms with Crippen molar-refractivity contribution in [2.24, 2.45) is 5.92 Å². The van der Waals surface area contributed by atoms with Gasteiger partial charge >= 0.3 is 5.97 Å². The Labute approximate surface area is 96.4 Å². The molecule has 0 aromatic carbocycles. The van der Waals surface area contributed by atoms with Crippen molar-refractivity contribution >= 4 is 5.97 Å². The van der Waals surface area contributed by atoms with Crippen molar-refractivity contribution in [3.8, 4) is 0 Å². The zero-order valence-electron chi connectivity index (χ0n) is 10.4. The molecule has 4 nitrogen and oxygen atoms in total. The molecule has 0 bridgehead atoms. The normalized spacial score (nSPS) is 12.8. The van der Waals surface area contributed by atoms with E-state index in [0.717, 1.165) is 18.5 Å². The van der Waals surface area contributed by atoms with E-state index in [0.29, 0.717) is 5.82 Å². The fourth-order valence-electron chi connectivity index (χ4n) is 1.76. The standard InChI is InChI=1S/C12H20N2O2/c1-5-6-9-7-13-11(14-9)10(8(2)3)12(15)16-4/h7-8,10H,5-6H2,1-4H3,(H,13,14). The molecule has 1 aromatic heterocycles. The zero-order chi connectivity index (χ0) is 12.1. The zero-order valence-corrected chi connectivity index (χ0v) is 10.4. The number of hydrogen-bond acceptors (Lipinski definition) is 3. The van der Waals surface area contributed by atoms with Gasteiger partial charge in [0.1, 0.15) is 11.7 Å². The van der Waals surface area contributed by atoms with Crippen LogP contribution in [0.5, 0.6) is 0 Å². The fourth-order valence-corrected chi connectivity index (χ4v) is 1.76. The lowest BCUT2D eigenvalue weighted by atomic mass is 9.95. The van der Waals surface area contributed by atoms with Crippen molar-refractivity contribution in [1.82, 2.24) is 9.97 Å². The van der Waals surface area contributed by atoms with E-state index in [9.17, 15) is 4.79 Å². The Morgan fingerprint density at radius 1 is 1.56 bits per heavy atom. The first-order valence-electron chi connectivity index (χ1n) is 5.71. The van der Waals surface area contributed by atoms with Gasteiger partial charge in [-0.25, -0.2) is 4.98 Å². The van der Waals surface area contributed by atoms with Gasteiger partial charge in [-0.3, -0.25) is 4.79 Å². The van der Waals surface area contributed by atoms with Crippen LogP contribution in [0, 0.1) is 5.92 Å². The highest BCUT2D eigenvalue weighted by Gasteiger charge is 2.27. The molecule has 0 saturated heterocycles. The van der Waals surface area contributed by atoms with Gasteiger partial charge in [-0.15, -0.1) is 0 Å². The summed E-state index contributed by atoms with van der Waals surface area (Å²) in [7, 11) is 1.41. The quantitative estimate of drug-likeness (QED) is 0.781. The van der Waals surface area contributed by atoms with Gasteiger partial charge in [0, 0.05) is 11.9 Å². The third-order valence-corrected chi connectivity index (χ3v) is 2.58. The van der Waals surface area contributed by atoms with E-state index in [2.05, 4.69) is 16.9 Å².